The molecule has 0 radical (unpaired) electrons. The number of carbonyl (C=O) groups is 2. The number of hydrazone groups is 1. The van der Waals surface area contributed by atoms with Gasteiger partial charge in [0.2, 0.25) is 5.91 Å². The van der Waals surface area contributed by atoms with Crippen LogP contribution < -0.4 is 10.7 Å². The number of nitrogens with zero attached hydrogens (tertiary/aromatic N) is 1. The minimum Gasteiger partial charge on any atom is -0.326 e. The summed E-state index contributed by atoms with van der Waals surface area (Å²) < 4.78 is 0. The first-order valence-electron chi connectivity index (χ1n) is 7.68. The van der Waals surface area contributed by atoms with Crippen LogP contribution in [0.4, 0.5) is 5.69 Å². The molecule has 0 aromatic heterocycles. The van der Waals surface area contributed by atoms with Crippen LogP contribution in [0.25, 0.3) is 0 Å². The van der Waals surface area contributed by atoms with E-state index in [1.165, 1.54) is 6.21 Å². The topological polar surface area (TPSA) is 70.6 Å². The Morgan fingerprint density at radius 2 is 1.84 bits per heavy atom. The number of nitrogens with one attached hydrogen (secondary N) is 2. The standard InChI is InChI=1S/C18H17Cl2N3O2/c1-2-4-16(24)22-14-9-7-12(8-10-14)18(25)23-21-11-13-5-3-6-15(19)17(13)20/h3,5-11H,2,4H2,1H3,(H,22,24)(H,23,25)/b21-11+. The number of halogens is 2. The Kier molecular flexibility index (Phi) is 6.98. The molecular formula is C18H17Cl2N3O2. The van der Waals surface area contributed by atoms with Crippen molar-refractivity contribution >= 4 is 46.9 Å². The molecular weight excluding hydrogens is 361 g/mol. The lowest BCUT2D eigenvalue weighted by Crippen LogP contribution is -2.17. The minimum atomic E-state index is -0.374. The fraction of sp³-hybridized carbons (Fsp3) is 0.167. The first-order chi connectivity index (χ1) is 12.0. The van der Waals surface area contributed by atoms with Gasteiger partial charge in [-0.05, 0) is 36.8 Å². The third-order valence-electron chi connectivity index (χ3n) is 3.26. The molecule has 0 saturated heterocycles. The van der Waals surface area contributed by atoms with Crippen molar-refractivity contribution in [1.29, 1.82) is 0 Å². The van der Waals surface area contributed by atoms with Crippen LogP contribution in [0.15, 0.2) is 47.6 Å². The Morgan fingerprint density at radius 3 is 2.52 bits per heavy atom. The SMILES string of the molecule is CCCC(=O)Nc1ccc(C(=O)N/N=C/c2cccc(Cl)c2Cl)cc1. The largest absolute Gasteiger partial charge is 0.326 e. The van der Waals surface area contributed by atoms with E-state index in [4.69, 9.17) is 23.2 Å². The van der Waals surface area contributed by atoms with Gasteiger partial charge in [-0.3, -0.25) is 9.59 Å². The van der Waals surface area contributed by atoms with E-state index in [1.807, 2.05) is 6.92 Å². The predicted octanol–water partition coefficient (Wildman–Crippen LogP) is 4.50. The van der Waals surface area contributed by atoms with E-state index in [0.717, 1.165) is 6.42 Å². The van der Waals surface area contributed by atoms with Crippen LogP contribution in [-0.4, -0.2) is 18.0 Å². The maximum Gasteiger partial charge on any atom is 0.271 e. The Morgan fingerprint density at radius 1 is 1.12 bits per heavy atom. The van der Waals surface area contributed by atoms with Crippen molar-refractivity contribution in [1.82, 2.24) is 5.43 Å². The molecule has 0 saturated carbocycles. The van der Waals surface area contributed by atoms with Crippen LogP contribution in [-0.2, 0) is 4.79 Å². The van der Waals surface area contributed by atoms with Crippen LogP contribution in [0.1, 0.15) is 35.7 Å². The minimum absolute atomic E-state index is 0.0531. The average Bonchev–Trinajstić information content (AvgIpc) is 2.59. The third kappa shape index (κ3) is 5.59. The van der Waals surface area contributed by atoms with E-state index in [-0.39, 0.29) is 11.8 Å². The summed E-state index contributed by atoms with van der Waals surface area (Å²) >= 11 is 11.9. The van der Waals surface area contributed by atoms with Gasteiger partial charge in [-0.15, -0.1) is 0 Å². The van der Waals surface area contributed by atoms with Gasteiger partial charge in [0, 0.05) is 23.2 Å². The third-order valence-corrected chi connectivity index (χ3v) is 4.09. The van der Waals surface area contributed by atoms with Crippen molar-refractivity contribution in [3.8, 4) is 0 Å². The molecule has 0 fully saturated rings. The van der Waals surface area contributed by atoms with Crippen molar-refractivity contribution in [3.63, 3.8) is 0 Å². The zero-order valence-electron chi connectivity index (χ0n) is 13.6. The molecule has 0 bridgehead atoms. The summed E-state index contributed by atoms with van der Waals surface area (Å²) in [7, 11) is 0. The lowest BCUT2D eigenvalue weighted by molar-refractivity contribution is -0.116. The second-order valence-electron chi connectivity index (χ2n) is 5.22. The van der Waals surface area contributed by atoms with Crippen LogP contribution in [0.5, 0.6) is 0 Å². The van der Waals surface area contributed by atoms with E-state index < -0.39 is 0 Å². The summed E-state index contributed by atoms with van der Waals surface area (Å²) in [6.45, 7) is 1.93. The van der Waals surface area contributed by atoms with Crippen LogP contribution in [0.3, 0.4) is 0 Å². The summed E-state index contributed by atoms with van der Waals surface area (Å²) in [4.78, 5) is 23.6. The highest BCUT2D eigenvalue weighted by atomic mass is 35.5. The van der Waals surface area contributed by atoms with Gasteiger partial charge in [0.05, 0.1) is 16.3 Å². The summed E-state index contributed by atoms with van der Waals surface area (Å²) in [5, 5.41) is 7.42. The molecule has 2 amide bonds. The Hall–Kier alpha value is -2.37. The van der Waals surface area contributed by atoms with Crippen molar-refractivity contribution in [3.05, 3.63) is 63.6 Å². The summed E-state index contributed by atoms with van der Waals surface area (Å²) in [5.74, 6) is -0.427. The van der Waals surface area contributed by atoms with Gasteiger partial charge < -0.3 is 5.32 Å². The maximum atomic E-state index is 12.1. The first kappa shape index (κ1) is 19.0. The van der Waals surface area contributed by atoms with Crippen LogP contribution in [0.2, 0.25) is 10.0 Å². The van der Waals surface area contributed by atoms with Gasteiger partial charge >= 0.3 is 0 Å². The molecule has 0 aliphatic carbocycles. The molecule has 5 nitrogen and oxygen atoms in total. The number of benzene rings is 2. The van der Waals surface area contributed by atoms with Gasteiger partial charge in [0.15, 0.2) is 0 Å². The number of hydrogen-bond acceptors (Lipinski definition) is 3. The number of carbonyl (C=O) groups excluding carboxylic acids is 2. The monoisotopic (exact) mass is 377 g/mol. The molecule has 0 unspecified atom stereocenters. The van der Waals surface area contributed by atoms with Crippen molar-refractivity contribution < 1.29 is 9.59 Å². The number of anilines is 1. The zero-order chi connectivity index (χ0) is 18.2. The van der Waals surface area contributed by atoms with E-state index >= 15 is 0 Å². The quantitative estimate of drug-likeness (QED) is 0.574. The van der Waals surface area contributed by atoms with E-state index in [1.54, 1.807) is 42.5 Å². The molecule has 2 aromatic carbocycles. The Bertz CT molecular complexity index is 789. The highest BCUT2D eigenvalue weighted by Gasteiger charge is 2.06. The second-order valence-corrected chi connectivity index (χ2v) is 6.00. The molecule has 0 spiro atoms. The van der Waals surface area contributed by atoms with Crippen LogP contribution >= 0.6 is 23.2 Å². The molecule has 0 aliphatic heterocycles. The normalized spacial score (nSPS) is 10.7. The van der Waals surface area contributed by atoms with E-state index in [0.29, 0.717) is 33.3 Å². The van der Waals surface area contributed by atoms with Gasteiger partial charge in [-0.1, -0.05) is 42.3 Å². The smallest absolute Gasteiger partial charge is 0.271 e. The first-order valence-corrected chi connectivity index (χ1v) is 8.44. The molecule has 25 heavy (non-hydrogen) atoms. The van der Waals surface area contributed by atoms with Gasteiger partial charge in [-0.2, -0.15) is 5.10 Å². The maximum absolute atomic E-state index is 12.1. The summed E-state index contributed by atoms with van der Waals surface area (Å²) in [6.07, 6.45) is 2.66. The molecule has 0 heterocycles. The Balaban J connectivity index is 1.95. The summed E-state index contributed by atoms with van der Waals surface area (Å²) in [6, 6.07) is 11.7. The van der Waals surface area contributed by atoms with Gasteiger partial charge in [0.25, 0.3) is 5.91 Å². The fourth-order valence-electron chi connectivity index (χ4n) is 2.00. The van der Waals surface area contributed by atoms with Crippen molar-refractivity contribution in [2.24, 2.45) is 5.10 Å². The molecule has 2 aromatic rings. The lowest BCUT2D eigenvalue weighted by Gasteiger charge is -2.05. The number of hydrogen-bond donors (Lipinski definition) is 2. The predicted molar refractivity (Wildman–Crippen MR) is 102 cm³/mol. The van der Waals surface area contributed by atoms with Crippen molar-refractivity contribution in [2.45, 2.75) is 19.8 Å². The van der Waals surface area contributed by atoms with Crippen molar-refractivity contribution in [2.75, 3.05) is 5.32 Å². The van der Waals surface area contributed by atoms with E-state index in [2.05, 4.69) is 15.8 Å². The lowest BCUT2D eigenvalue weighted by atomic mass is 10.2. The second kappa shape index (κ2) is 9.20. The molecule has 130 valence electrons. The molecule has 7 heteroatoms. The molecule has 0 aliphatic rings. The van der Waals surface area contributed by atoms with Gasteiger partial charge in [0.1, 0.15) is 0 Å². The fourth-order valence-corrected chi connectivity index (χ4v) is 2.36. The summed E-state index contributed by atoms with van der Waals surface area (Å²) in [5.41, 5.74) is 4.08. The van der Waals surface area contributed by atoms with Gasteiger partial charge in [-0.25, -0.2) is 5.43 Å². The Labute approximate surface area is 156 Å². The van der Waals surface area contributed by atoms with Crippen LogP contribution in [0, 0.1) is 0 Å². The average molecular weight is 378 g/mol. The van der Waals surface area contributed by atoms with E-state index in [9.17, 15) is 9.59 Å². The highest BCUT2D eigenvalue weighted by molar-refractivity contribution is 6.43. The molecule has 2 rings (SSSR count). The molecule has 0 atom stereocenters. The highest BCUT2D eigenvalue weighted by Crippen LogP contribution is 2.24. The zero-order valence-corrected chi connectivity index (χ0v) is 15.1. The number of amides is 2. The number of rotatable bonds is 6. The molecule has 2 N–H and O–H groups in total.